The molecule has 1 unspecified atom stereocenters. The molecule has 0 heterocycles. The van der Waals surface area contributed by atoms with Gasteiger partial charge in [0.05, 0.1) is 23.3 Å². The number of carbonyl (C=O) groups excluding carboxylic acids is 1. The molecule has 0 radical (unpaired) electrons. The molecule has 7 nitrogen and oxygen atoms in total. The van der Waals surface area contributed by atoms with Crippen LogP contribution in [0.1, 0.15) is 23.7 Å². The summed E-state index contributed by atoms with van der Waals surface area (Å²) in [6.45, 7) is 2.31. The number of methoxy groups -OCH3 is 2. The predicted octanol–water partition coefficient (Wildman–Crippen LogP) is 3.93. The maximum atomic E-state index is 13.3. The Balaban J connectivity index is 1.91. The minimum atomic E-state index is -3.90. The lowest BCUT2D eigenvalue weighted by molar-refractivity contribution is 0.0787. The summed E-state index contributed by atoms with van der Waals surface area (Å²) in [6.07, 6.45) is 2.71. The van der Waals surface area contributed by atoms with Crippen molar-refractivity contribution in [2.24, 2.45) is 0 Å². The second-order valence-corrected chi connectivity index (χ2v) is 8.61. The maximum Gasteiger partial charge on any atom is 0.260 e. The zero-order valence-corrected chi connectivity index (χ0v) is 18.6. The molecule has 1 amide bonds. The number of benzene rings is 2. The van der Waals surface area contributed by atoms with Gasteiger partial charge in [-0.05, 0) is 43.3 Å². The van der Waals surface area contributed by atoms with E-state index in [0.29, 0.717) is 12.3 Å². The van der Waals surface area contributed by atoms with Crippen LogP contribution in [0.5, 0.6) is 0 Å². The van der Waals surface area contributed by atoms with Crippen molar-refractivity contribution >= 4 is 27.3 Å². The monoisotopic (exact) mass is 442 g/mol. The van der Waals surface area contributed by atoms with Gasteiger partial charge in [-0.3, -0.25) is 9.52 Å². The van der Waals surface area contributed by atoms with Gasteiger partial charge in [0.1, 0.15) is 11.9 Å². The van der Waals surface area contributed by atoms with Gasteiger partial charge in [0.2, 0.25) is 0 Å². The summed E-state index contributed by atoms with van der Waals surface area (Å²) >= 11 is 0. The molecule has 0 bridgehead atoms. The van der Waals surface area contributed by atoms with Crippen LogP contribution in [0, 0.1) is 0 Å². The summed E-state index contributed by atoms with van der Waals surface area (Å²) in [7, 11) is -0.895. The molecule has 0 spiro atoms. The Morgan fingerprint density at radius 2 is 1.74 bits per heavy atom. The average molecular weight is 443 g/mol. The highest BCUT2D eigenvalue weighted by Crippen LogP contribution is 2.29. The smallest absolute Gasteiger partial charge is 0.260 e. The summed E-state index contributed by atoms with van der Waals surface area (Å²) in [6, 6.07) is 15.8. The Kier molecular flexibility index (Phi) is 7.14. The van der Waals surface area contributed by atoms with Gasteiger partial charge in [-0.15, -0.1) is 0 Å². The van der Waals surface area contributed by atoms with Crippen molar-refractivity contribution in [2.45, 2.75) is 19.4 Å². The highest BCUT2D eigenvalue weighted by atomic mass is 32.2. The van der Waals surface area contributed by atoms with Crippen LogP contribution in [0.3, 0.4) is 0 Å². The van der Waals surface area contributed by atoms with Gasteiger partial charge < -0.3 is 14.4 Å². The molecule has 1 N–H and O–H groups in total. The van der Waals surface area contributed by atoms with Crippen molar-refractivity contribution in [1.82, 2.24) is 0 Å². The van der Waals surface area contributed by atoms with Gasteiger partial charge in [-0.1, -0.05) is 30.3 Å². The van der Waals surface area contributed by atoms with Crippen LogP contribution in [0.15, 0.2) is 77.4 Å². The number of nitrogens with zero attached hydrogens (tertiary/aromatic N) is 1. The maximum absolute atomic E-state index is 13.3. The zero-order valence-electron chi connectivity index (χ0n) is 17.7. The highest BCUT2D eigenvalue weighted by Gasteiger charge is 2.29. The van der Waals surface area contributed by atoms with Crippen molar-refractivity contribution in [1.29, 1.82) is 0 Å². The summed E-state index contributed by atoms with van der Waals surface area (Å²) in [5.74, 6) is 0.263. The minimum absolute atomic E-state index is 0.132. The third-order valence-corrected chi connectivity index (χ3v) is 6.52. The third-order valence-electron chi connectivity index (χ3n) is 5.03. The summed E-state index contributed by atoms with van der Waals surface area (Å²) in [4.78, 5) is 15.0. The first-order valence-electron chi connectivity index (χ1n) is 9.87. The zero-order chi connectivity index (χ0) is 22.4. The number of hydrogen-bond donors (Lipinski definition) is 1. The van der Waals surface area contributed by atoms with Crippen molar-refractivity contribution in [3.8, 4) is 0 Å². The molecule has 164 valence electrons. The first-order valence-corrected chi connectivity index (χ1v) is 11.4. The number of hydrogen-bond acceptors (Lipinski definition) is 5. The molecule has 3 rings (SSSR count). The van der Waals surface area contributed by atoms with E-state index in [9.17, 15) is 13.2 Å². The number of anilines is 2. The lowest BCUT2D eigenvalue weighted by Crippen LogP contribution is -2.31. The normalized spacial score (nSPS) is 16.2. The molecule has 2 aromatic rings. The quantitative estimate of drug-likeness (QED) is 0.670. The number of amides is 1. The van der Waals surface area contributed by atoms with Crippen LogP contribution in [-0.2, 0) is 19.5 Å². The van der Waals surface area contributed by atoms with Gasteiger partial charge in [-0.2, -0.15) is 0 Å². The Bertz CT molecular complexity index is 1090. The van der Waals surface area contributed by atoms with Crippen LogP contribution in [0.4, 0.5) is 11.4 Å². The summed E-state index contributed by atoms with van der Waals surface area (Å²) in [5, 5.41) is 0. The van der Waals surface area contributed by atoms with E-state index in [1.165, 1.54) is 20.3 Å². The van der Waals surface area contributed by atoms with E-state index in [1.807, 2.05) is 37.3 Å². The van der Waals surface area contributed by atoms with Crippen molar-refractivity contribution < 1.29 is 22.7 Å². The van der Waals surface area contributed by atoms with Crippen molar-refractivity contribution in [3.63, 3.8) is 0 Å². The van der Waals surface area contributed by atoms with E-state index >= 15 is 0 Å². The Morgan fingerprint density at radius 1 is 1.06 bits per heavy atom. The topological polar surface area (TPSA) is 84.9 Å². The molecule has 2 aromatic carbocycles. The van der Waals surface area contributed by atoms with E-state index < -0.39 is 16.1 Å². The predicted molar refractivity (Wildman–Crippen MR) is 121 cm³/mol. The fraction of sp³-hybridized carbons (Fsp3) is 0.261. The molecule has 0 fully saturated rings. The largest absolute Gasteiger partial charge is 0.498 e. The average Bonchev–Trinajstić information content (AvgIpc) is 2.79. The van der Waals surface area contributed by atoms with Crippen LogP contribution in [0.2, 0.25) is 0 Å². The van der Waals surface area contributed by atoms with Crippen LogP contribution in [0.25, 0.3) is 0 Å². The lowest BCUT2D eigenvalue weighted by atomic mass is 10.1. The van der Waals surface area contributed by atoms with E-state index in [2.05, 4.69) is 4.72 Å². The molecular formula is C23H26N2O5S. The second-order valence-electron chi connectivity index (χ2n) is 6.87. The molecule has 31 heavy (non-hydrogen) atoms. The fourth-order valence-electron chi connectivity index (χ4n) is 3.40. The molecule has 1 aliphatic rings. The summed E-state index contributed by atoms with van der Waals surface area (Å²) in [5.41, 5.74) is 1.23. The van der Waals surface area contributed by atoms with E-state index in [1.54, 1.807) is 35.2 Å². The van der Waals surface area contributed by atoms with E-state index in [0.717, 1.165) is 5.69 Å². The van der Waals surface area contributed by atoms with Crippen LogP contribution in [-0.4, -0.2) is 41.2 Å². The Hall–Kier alpha value is -3.10. The molecule has 0 aromatic heterocycles. The van der Waals surface area contributed by atoms with Crippen molar-refractivity contribution in [2.75, 3.05) is 30.4 Å². The van der Waals surface area contributed by atoms with Gasteiger partial charge in [0, 0.05) is 25.8 Å². The SMILES string of the molecule is CCN(C(=O)c1ccccc1NS(=O)(=O)C1=CC=C(OC)C(OC)C1)c1ccccc1. The standard InChI is InChI=1S/C23H26N2O5S/c1-4-25(17-10-6-5-7-11-17)23(26)19-12-8-9-13-20(19)24-31(27,28)18-14-15-21(29-2)22(16-18)30-3/h5-15,22,24H,4,16H2,1-3H3. The first kappa shape index (κ1) is 22.6. The van der Waals surface area contributed by atoms with Gasteiger partial charge >= 0.3 is 0 Å². The molecule has 0 saturated carbocycles. The van der Waals surface area contributed by atoms with Gasteiger partial charge in [0.15, 0.2) is 0 Å². The van der Waals surface area contributed by atoms with Crippen LogP contribution < -0.4 is 9.62 Å². The first-order chi connectivity index (χ1) is 14.9. The molecule has 8 heteroatoms. The van der Waals surface area contributed by atoms with E-state index in [-0.39, 0.29) is 28.5 Å². The number of para-hydroxylation sites is 2. The molecule has 0 saturated heterocycles. The Labute approximate surface area is 183 Å². The summed E-state index contributed by atoms with van der Waals surface area (Å²) < 4.78 is 39.3. The minimum Gasteiger partial charge on any atom is -0.498 e. The molecule has 1 atom stereocenters. The second kappa shape index (κ2) is 9.80. The number of sulfonamides is 1. The number of allylic oxidation sites excluding steroid dienone is 2. The third kappa shape index (κ3) is 4.98. The van der Waals surface area contributed by atoms with E-state index in [4.69, 9.17) is 9.47 Å². The number of ether oxygens (including phenoxy) is 2. The van der Waals surface area contributed by atoms with Gasteiger partial charge in [-0.25, -0.2) is 8.42 Å². The highest BCUT2D eigenvalue weighted by molar-refractivity contribution is 7.96. The number of nitrogens with one attached hydrogen (secondary N) is 1. The van der Waals surface area contributed by atoms with Crippen molar-refractivity contribution in [3.05, 3.63) is 83.0 Å². The van der Waals surface area contributed by atoms with Crippen LogP contribution >= 0.6 is 0 Å². The Morgan fingerprint density at radius 3 is 2.39 bits per heavy atom. The fourth-order valence-corrected chi connectivity index (χ4v) is 4.61. The van der Waals surface area contributed by atoms with Gasteiger partial charge in [0.25, 0.3) is 15.9 Å². The molecular weight excluding hydrogens is 416 g/mol. The molecule has 0 aliphatic heterocycles. The number of carbonyl (C=O) groups is 1. The molecule has 1 aliphatic carbocycles. The number of rotatable bonds is 8. The lowest BCUT2D eigenvalue weighted by Gasteiger charge is -2.24.